The summed E-state index contributed by atoms with van der Waals surface area (Å²) in [6.07, 6.45) is 3.61. The van der Waals surface area contributed by atoms with Gasteiger partial charge in [0, 0.05) is 26.2 Å². The number of hydrogen-bond donors (Lipinski definition) is 1. The standard InChI is InChI=1S/C15H32N2O2/c1-6-9-16-13(7-8-15(2,3)18-5)14-12-17(4)10-11-19-14/h13-14,16H,6-12H2,1-5H3. The first-order valence-corrected chi connectivity index (χ1v) is 7.57. The van der Waals surface area contributed by atoms with Crippen LogP contribution in [-0.4, -0.2) is 63.0 Å². The fourth-order valence-electron chi connectivity index (χ4n) is 2.41. The first-order chi connectivity index (χ1) is 8.98. The van der Waals surface area contributed by atoms with Crippen LogP contribution >= 0.6 is 0 Å². The molecule has 0 aromatic carbocycles. The quantitative estimate of drug-likeness (QED) is 0.731. The summed E-state index contributed by atoms with van der Waals surface area (Å²) in [5.74, 6) is 0. The highest BCUT2D eigenvalue weighted by molar-refractivity contribution is 4.84. The van der Waals surface area contributed by atoms with E-state index in [1.807, 2.05) is 0 Å². The van der Waals surface area contributed by atoms with Crippen molar-refractivity contribution < 1.29 is 9.47 Å². The summed E-state index contributed by atoms with van der Waals surface area (Å²) < 4.78 is 11.5. The van der Waals surface area contributed by atoms with Crippen molar-refractivity contribution in [3.8, 4) is 0 Å². The topological polar surface area (TPSA) is 33.7 Å². The zero-order valence-corrected chi connectivity index (χ0v) is 13.4. The van der Waals surface area contributed by atoms with E-state index in [2.05, 4.69) is 38.0 Å². The van der Waals surface area contributed by atoms with Gasteiger partial charge < -0.3 is 19.7 Å². The van der Waals surface area contributed by atoms with E-state index in [-0.39, 0.29) is 5.60 Å². The zero-order valence-electron chi connectivity index (χ0n) is 13.4. The van der Waals surface area contributed by atoms with Crippen LogP contribution < -0.4 is 5.32 Å². The van der Waals surface area contributed by atoms with Crippen LogP contribution in [0.15, 0.2) is 0 Å². The largest absolute Gasteiger partial charge is 0.379 e. The zero-order chi connectivity index (χ0) is 14.3. The number of methoxy groups -OCH3 is 1. The molecular formula is C15H32N2O2. The molecule has 1 aliphatic heterocycles. The van der Waals surface area contributed by atoms with E-state index in [4.69, 9.17) is 9.47 Å². The van der Waals surface area contributed by atoms with Crippen LogP contribution in [-0.2, 0) is 9.47 Å². The predicted molar refractivity (Wildman–Crippen MR) is 79.6 cm³/mol. The lowest BCUT2D eigenvalue weighted by Crippen LogP contribution is -2.51. The van der Waals surface area contributed by atoms with Crippen molar-refractivity contribution in [3.63, 3.8) is 0 Å². The average molecular weight is 272 g/mol. The number of hydrogen-bond acceptors (Lipinski definition) is 4. The van der Waals surface area contributed by atoms with Crippen molar-refractivity contribution in [2.24, 2.45) is 0 Å². The molecule has 114 valence electrons. The normalized spacial score (nSPS) is 23.5. The van der Waals surface area contributed by atoms with Crippen LogP contribution in [0.5, 0.6) is 0 Å². The van der Waals surface area contributed by atoms with Crippen LogP contribution in [0.25, 0.3) is 0 Å². The second kappa shape index (κ2) is 8.20. The van der Waals surface area contributed by atoms with Gasteiger partial charge in [-0.05, 0) is 46.7 Å². The summed E-state index contributed by atoms with van der Waals surface area (Å²) in [6, 6.07) is 0.428. The molecular weight excluding hydrogens is 240 g/mol. The van der Waals surface area contributed by atoms with Crippen molar-refractivity contribution in [2.45, 2.75) is 57.8 Å². The number of rotatable bonds is 8. The highest BCUT2D eigenvalue weighted by Gasteiger charge is 2.28. The third kappa shape index (κ3) is 6.21. The first-order valence-electron chi connectivity index (χ1n) is 7.57. The van der Waals surface area contributed by atoms with Crippen molar-refractivity contribution in [2.75, 3.05) is 40.4 Å². The summed E-state index contributed by atoms with van der Waals surface area (Å²) in [5, 5.41) is 3.65. The number of nitrogens with one attached hydrogen (secondary N) is 1. The molecule has 4 nitrogen and oxygen atoms in total. The number of morpholine rings is 1. The molecule has 2 unspecified atom stereocenters. The Bertz CT molecular complexity index is 246. The fraction of sp³-hybridized carbons (Fsp3) is 1.00. The summed E-state index contributed by atoms with van der Waals surface area (Å²) >= 11 is 0. The van der Waals surface area contributed by atoms with Gasteiger partial charge in [-0.1, -0.05) is 6.92 Å². The molecule has 0 aromatic heterocycles. The lowest BCUT2D eigenvalue weighted by Gasteiger charge is -2.37. The van der Waals surface area contributed by atoms with Crippen molar-refractivity contribution in [3.05, 3.63) is 0 Å². The maximum Gasteiger partial charge on any atom is 0.0855 e. The van der Waals surface area contributed by atoms with E-state index < -0.39 is 0 Å². The van der Waals surface area contributed by atoms with Gasteiger partial charge in [0.2, 0.25) is 0 Å². The number of ether oxygens (including phenoxy) is 2. The molecule has 4 heteroatoms. The second-order valence-electron chi connectivity index (χ2n) is 6.23. The van der Waals surface area contributed by atoms with Gasteiger partial charge in [-0.25, -0.2) is 0 Å². The highest BCUT2D eigenvalue weighted by Crippen LogP contribution is 2.20. The third-order valence-electron chi connectivity index (χ3n) is 4.01. The molecule has 1 N–H and O–H groups in total. The van der Waals surface area contributed by atoms with E-state index in [1.54, 1.807) is 7.11 Å². The summed E-state index contributed by atoms with van der Waals surface area (Å²) in [4.78, 5) is 2.36. The lowest BCUT2D eigenvalue weighted by atomic mass is 9.95. The van der Waals surface area contributed by atoms with Gasteiger partial charge in [-0.15, -0.1) is 0 Å². The van der Waals surface area contributed by atoms with Gasteiger partial charge in [0.15, 0.2) is 0 Å². The van der Waals surface area contributed by atoms with Gasteiger partial charge >= 0.3 is 0 Å². The third-order valence-corrected chi connectivity index (χ3v) is 4.01. The minimum atomic E-state index is -0.0489. The van der Waals surface area contributed by atoms with Gasteiger partial charge in [-0.2, -0.15) is 0 Å². The summed E-state index contributed by atoms with van der Waals surface area (Å²) in [7, 11) is 3.96. The summed E-state index contributed by atoms with van der Waals surface area (Å²) in [6.45, 7) is 10.5. The molecule has 1 fully saturated rings. The van der Waals surface area contributed by atoms with Gasteiger partial charge in [0.1, 0.15) is 0 Å². The van der Waals surface area contributed by atoms with Gasteiger partial charge in [0.25, 0.3) is 0 Å². The minimum absolute atomic E-state index is 0.0489. The predicted octanol–water partition coefficient (Wildman–Crippen LogP) is 1.89. The Morgan fingerprint density at radius 1 is 1.47 bits per heavy atom. The molecule has 1 rings (SSSR count). The van der Waals surface area contributed by atoms with Crippen LogP contribution in [0, 0.1) is 0 Å². The molecule has 0 saturated carbocycles. The Kier molecular flexibility index (Phi) is 7.29. The Morgan fingerprint density at radius 3 is 2.79 bits per heavy atom. The average Bonchev–Trinajstić information content (AvgIpc) is 2.39. The molecule has 0 radical (unpaired) electrons. The van der Waals surface area contributed by atoms with E-state index in [1.165, 1.54) is 0 Å². The Hall–Kier alpha value is -0.160. The first kappa shape index (κ1) is 16.9. The fourth-order valence-corrected chi connectivity index (χ4v) is 2.41. The molecule has 0 aliphatic carbocycles. The van der Waals surface area contributed by atoms with Crippen molar-refractivity contribution in [1.82, 2.24) is 10.2 Å². The van der Waals surface area contributed by atoms with Crippen LogP contribution in [0.3, 0.4) is 0 Å². The Morgan fingerprint density at radius 2 is 2.21 bits per heavy atom. The molecule has 1 saturated heterocycles. The molecule has 1 heterocycles. The van der Waals surface area contributed by atoms with E-state index in [0.717, 1.165) is 45.5 Å². The molecule has 2 atom stereocenters. The number of likely N-dealkylation sites (N-methyl/N-ethyl adjacent to an activating group) is 1. The lowest BCUT2D eigenvalue weighted by molar-refractivity contribution is -0.0470. The van der Waals surface area contributed by atoms with Crippen molar-refractivity contribution >= 4 is 0 Å². The number of nitrogens with zero attached hydrogens (tertiary/aromatic N) is 1. The Labute approximate surface area is 118 Å². The summed E-state index contributed by atoms with van der Waals surface area (Å²) in [5.41, 5.74) is -0.0489. The maximum absolute atomic E-state index is 5.96. The molecule has 0 amide bonds. The van der Waals surface area contributed by atoms with Crippen LogP contribution in [0.2, 0.25) is 0 Å². The molecule has 0 bridgehead atoms. The minimum Gasteiger partial charge on any atom is -0.379 e. The second-order valence-corrected chi connectivity index (χ2v) is 6.23. The van der Waals surface area contributed by atoms with Gasteiger partial charge in [0.05, 0.1) is 18.3 Å². The monoisotopic (exact) mass is 272 g/mol. The molecule has 0 spiro atoms. The van der Waals surface area contributed by atoms with E-state index in [9.17, 15) is 0 Å². The van der Waals surface area contributed by atoms with Crippen LogP contribution in [0.1, 0.15) is 40.0 Å². The van der Waals surface area contributed by atoms with Crippen molar-refractivity contribution in [1.29, 1.82) is 0 Å². The van der Waals surface area contributed by atoms with Gasteiger partial charge in [-0.3, -0.25) is 0 Å². The SMILES string of the molecule is CCCNC(CCC(C)(C)OC)C1CN(C)CCO1. The smallest absolute Gasteiger partial charge is 0.0855 e. The maximum atomic E-state index is 5.96. The van der Waals surface area contributed by atoms with E-state index in [0.29, 0.717) is 12.1 Å². The highest BCUT2D eigenvalue weighted by atomic mass is 16.5. The Balaban J connectivity index is 2.50. The van der Waals surface area contributed by atoms with E-state index >= 15 is 0 Å². The molecule has 0 aromatic rings. The van der Waals surface area contributed by atoms with Crippen LogP contribution in [0.4, 0.5) is 0 Å². The molecule has 19 heavy (non-hydrogen) atoms. The molecule has 1 aliphatic rings.